The highest BCUT2D eigenvalue weighted by molar-refractivity contribution is 7.99. The van der Waals surface area contributed by atoms with E-state index in [-0.39, 0.29) is 12.0 Å². The van der Waals surface area contributed by atoms with E-state index in [1.807, 2.05) is 37.3 Å². The minimum atomic E-state index is -0.863. The van der Waals surface area contributed by atoms with Crippen molar-refractivity contribution in [1.29, 1.82) is 0 Å². The van der Waals surface area contributed by atoms with Crippen LogP contribution in [0.1, 0.15) is 31.7 Å². The van der Waals surface area contributed by atoms with E-state index in [1.165, 1.54) is 4.90 Å². The highest BCUT2D eigenvalue weighted by Gasteiger charge is 2.16. The summed E-state index contributed by atoms with van der Waals surface area (Å²) < 4.78 is 0. The summed E-state index contributed by atoms with van der Waals surface area (Å²) in [6.45, 7) is 4.87. The molecule has 0 heterocycles. The van der Waals surface area contributed by atoms with Crippen molar-refractivity contribution in [2.45, 2.75) is 32.3 Å². The van der Waals surface area contributed by atoms with Gasteiger partial charge in [-0.2, -0.15) is 11.8 Å². The maximum Gasteiger partial charge on any atom is 0.407 e. The van der Waals surface area contributed by atoms with E-state index in [4.69, 9.17) is 5.11 Å². The van der Waals surface area contributed by atoms with E-state index >= 15 is 0 Å². The molecule has 1 aromatic rings. The standard InChI is InChI=1S/C16H25NO3S/c1-13(15-7-4-3-5-8-15)11-17(16(19)20)9-6-10-21-12-14(2)18/h3-5,7-8,13-14,18H,6,9-12H2,1-2H3,(H,19,20). The second-order valence-electron chi connectivity index (χ2n) is 5.32. The predicted octanol–water partition coefficient (Wildman–Crippen LogP) is 3.27. The fourth-order valence-corrected chi connectivity index (χ4v) is 2.93. The zero-order valence-electron chi connectivity index (χ0n) is 12.7. The van der Waals surface area contributed by atoms with E-state index in [1.54, 1.807) is 18.7 Å². The molecule has 118 valence electrons. The van der Waals surface area contributed by atoms with Crippen LogP contribution in [0, 0.1) is 0 Å². The van der Waals surface area contributed by atoms with Gasteiger partial charge in [0.15, 0.2) is 0 Å². The Hall–Kier alpha value is -1.20. The minimum Gasteiger partial charge on any atom is -0.465 e. The van der Waals surface area contributed by atoms with Gasteiger partial charge in [0, 0.05) is 18.8 Å². The lowest BCUT2D eigenvalue weighted by Gasteiger charge is -2.23. The molecule has 0 bridgehead atoms. The van der Waals surface area contributed by atoms with Crippen molar-refractivity contribution in [3.63, 3.8) is 0 Å². The number of carboxylic acid groups (broad SMARTS) is 1. The van der Waals surface area contributed by atoms with Crippen LogP contribution in [0.15, 0.2) is 30.3 Å². The summed E-state index contributed by atoms with van der Waals surface area (Å²) in [5.74, 6) is 1.76. The Labute approximate surface area is 131 Å². The molecule has 1 rings (SSSR count). The third kappa shape index (κ3) is 7.39. The number of hydrogen-bond acceptors (Lipinski definition) is 3. The van der Waals surface area contributed by atoms with Crippen LogP contribution in [0.4, 0.5) is 4.79 Å². The molecular weight excluding hydrogens is 286 g/mol. The number of aliphatic hydroxyl groups is 1. The summed E-state index contributed by atoms with van der Waals surface area (Å²) in [6.07, 6.45) is -0.354. The van der Waals surface area contributed by atoms with Crippen LogP contribution in [0.2, 0.25) is 0 Å². The lowest BCUT2D eigenvalue weighted by atomic mass is 10.0. The summed E-state index contributed by atoms with van der Waals surface area (Å²) in [6, 6.07) is 9.98. The van der Waals surface area contributed by atoms with E-state index in [0.717, 1.165) is 17.7 Å². The number of benzene rings is 1. The number of aliphatic hydroxyl groups excluding tert-OH is 1. The summed E-state index contributed by atoms with van der Waals surface area (Å²) in [4.78, 5) is 12.8. The van der Waals surface area contributed by atoms with Gasteiger partial charge in [-0.1, -0.05) is 37.3 Å². The Kier molecular flexibility index (Phi) is 8.23. The second kappa shape index (κ2) is 9.68. The Morgan fingerprint density at radius 3 is 2.52 bits per heavy atom. The number of nitrogens with zero attached hydrogens (tertiary/aromatic N) is 1. The van der Waals surface area contributed by atoms with Crippen LogP contribution in [0.25, 0.3) is 0 Å². The Bertz CT molecular complexity index is 411. The molecule has 1 aromatic carbocycles. The molecule has 0 spiro atoms. The van der Waals surface area contributed by atoms with Crippen LogP contribution in [-0.4, -0.2) is 51.9 Å². The Morgan fingerprint density at radius 1 is 1.29 bits per heavy atom. The molecule has 5 heteroatoms. The second-order valence-corrected chi connectivity index (χ2v) is 6.47. The molecule has 1 amide bonds. The van der Waals surface area contributed by atoms with Crippen molar-refractivity contribution in [3.05, 3.63) is 35.9 Å². The van der Waals surface area contributed by atoms with Gasteiger partial charge >= 0.3 is 6.09 Å². The lowest BCUT2D eigenvalue weighted by molar-refractivity contribution is 0.143. The normalized spacial score (nSPS) is 13.7. The van der Waals surface area contributed by atoms with Crippen LogP contribution in [0.5, 0.6) is 0 Å². The molecule has 0 saturated heterocycles. The molecule has 21 heavy (non-hydrogen) atoms. The molecule has 0 aliphatic rings. The first kappa shape index (κ1) is 17.9. The number of thioether (sulfide) groups is 1. The summed E-state index contributed by atoms with van der Waals surface area (Å²) >= 11 is 1.66. The first-order valence-electron chi connectivity index (χ1n) is 7.29. The number of hydrogen-bond donors (Lipinski definition) is 2. The molecule has 0 saturated carbocycles. The lowest BCUT2D eigenvalue weighted by Crippen LogP contribution is -2.34. The SMILES string of the molecule is CC(O)CSCCCN(CC(C)c1ccccc1)C(=O)O. The topological polar surface area (TPSA) is 60.8 Å². The maximum absolute atomic E-state index is 11.3. The van der Waals surface area contributed by atoms with Gasteiger partial charge in [0.25, 0.3) is 0 Å². The molecule has 2 atom stereocenters. The summed E-state index contributed by atoms with van der Waals surface area (Å²) in [5, 5.41) is 18.5. The molecule has 2 unspecified atom stereocenters. The molecule has 4 nitrogen and oxygen atoms in total. The van der Waals surface area contributed by atoms with Gasteiger partial charge < -0.3 is 15.1 Å². The first-order chi connectivity index (χ1) is 10.0. The number of carbonyl (C=O) groups is 1. The molecule has 0 aromatic heterocycles. The molecule has 0 radical (unpaired) electrons. The van der Waals surface area contributed by atoms with Gasteiger partial charge in [0.05, 0.1) is 6.10 Å². The monoisotopic (exact) mass is 311 g/mol. The van der Waals surface area contributed by atoms with Crippen LogP contribution >= 0.6 is 11.8 Å². The van der Waals surface area contributed by atoms with Crippen molar-refractivity contribution in [1.82, 2.24) is 4.90 Å². The molecule has 0 aliphatic carbocycles. The van der Waals surface area contributed by atoms with Gasteiger partial charge in [-0.05, 0) is 30.6 Å². The quantitative estimate of drug-likeness (QED) is 0.687. The maximum atomic E-state index is 11.3. The van der Waals surface area contributed by atoms with Crippen molar-refractivity contribution in [2.75, 3.05) is 24.6 Å². The van der Waals surface area contributed by atoms with E-state index in [0.29, 0.717) is 18.8 Å². The van der Waals surface area contributed by atoms with Crippen molar-refractivity contribution >= 4 is 17.9 Å². The van der Waals surface area contributed by atoms with Gasteiger partial charge in [0.1, 0.15) is 0 Å². The Balaban J connectivity index is 2.38. The van der Waals surface area contributed by atoms with Crippen molar-refractivity contribution in [2.24, 2.45) is 0 Å². The average molecular weight is 311 g/mol. The summed E-state index contributed by atoms with van der Waals surface area (Å²) in [5.41, 5.74) is 1.16. The van der Waals surface area contributed by atoms with Crippen LogP contribution in [0.3, 0.4) is 0 Å². The molecule has 0 fully saturated rings. The number of rotatable bonds is 9. The molecule has 0 aliphatic heterocycles. The molecular formula is C16H25NO3S. The zero-order valence-corrected chi connectivity index (χ0v) is 13.6. The third-order valence-electron chi connectivity index (χ3n) is 3.21. The first-order valence-corrected chi connectivity index (χ1v) is 8.44. The van der Waals surface area contributed by atoms with Crippen molar-refractivity contribution < 1.29 is 15.0 Å². The fraction of sp³-hybridized carbons (Fsp3) is 0.562. The van der Waals surface area contributed by atoms with E-state index in [2.05, 4.69) is 0 Å². The predicted molar refractivity (Wildman–Crippen MR) is 88.1 cm³/mol. The highest BCUT2D eigenvalue weighted by atomic mass is 32.2. The zero-order chi connectivity index (χ0) is 15.7. The summed E-state index contributed by atoms with van der Waals surface area (Å²) in [7, 11) is 0. The fourth-order valence-electron chi connectivity index (χ4n) is 2.09. The molecule has 2 N–H and O–H groups in total. The Morgan fingerprint density at radius 2 is 1.95 bits per heavy atom. The van der Waals surface area contributed by atoms with Gasteiger partial charge in [0.2, 0.25) is 0 Å². The largest absolute Gasteiger partial charge is 0.465 e. The van der Waals surface area contributed by atoms with Crippen LogP contribution < -0.4 is 0 Å². The van der Waals surface area contributed by atoms with Gasteiger partial charge in [-0.15, -0.1) is 0 Å². The van der Waals surface area contributed by atoms with E-state index in [9.17, 15) is 9.90 Å². The van der Waals surface area contributed by atoms with Gasteiger partial charge in [-0.25, -0.2) is 4.79 Å². The average Bonchev–Trinajstić information content (AvgIpc) is 2.45. The van der Waals surface area contributed by atoms with Crippen molar-refractivity contribution in [3.8, 4) is 0 Å². The highest BCUT2D eigenvalue weighted by Crippen LogP contribution is 2.16. The van der Waals surface area contributed by atoms with Gasteiger partial charge in [-0.3, -0.25) is 0 Å². The smallest absolute Gasteiger partial charge is 0.407 e. The number of amides is 1. The van der Waals surface area contributed by atoms with Crippen LogP contribution in [-0.2, 0) is 0 Å². The third-order valence-corrected chi connectivity index (χ3v) is 4.50. The van der Waals surface area contributed by atoms with E-state index < -0.39 is 6.09 Å². The minimum absolute atomic E-state index is 0.187.